The highest BCUT2D eigenvalue weighted by Crippen LogP contribution is 2.26. The molecule has 0 saturated heterocycles. The van der Waals surface area contributed by atoms with Crippen LogP contribution in [0.2, 0.25) is 5.02 Å². The van der Waals surface area contributed by atoms with Crippen LogP contribution in [0, 0.1) is 0 Å². The van der Waals surface area contributed by atoms with Gasteiger partial charge in [-0.15, -0.1) is 10.2 Å². The molecule has 5 aromatic rings. The summed E-state index contributed by atoms with van der Waals surface area (Å²) in [6, 6.07) is 11.1. The van der Waals surface area contributed by atoms with E-state index in [1.807, 2.05) is 30.3 Å². The number of aromatic nitrogens is 6. The third kappa shape index (κ3) is 1.79. The minimum absolute atomic E-state index is 0.592. The monoisotopic (exact) mass is 336 g/mol. The van der Waals surface area contributed by atoms with E-state index in [1.54, 1.807) is 33.9 Å². The van der Waals surface area contributed by atoms with Gasteiger partial charge in [0, 0.05) is 0 Å². The predicted molar refractivity (Wildman–Crippen MR) is 88.1 cm³/mol. The van der Waals surface area contributed by atoms with Crippen LogP contribution < -0.4 is 0 Å². The fourth-order valence-electron chi connectivity index (χ4n) is 2.69. The molecule has 0 atom stereocenters. The second kappa shape index (κ2) is 4.90. The van der Waals surface area contributed by atoms with E-state index in [9.17, 15) is 0 Å². The molecule has 0 unspecified atom stereocenters. The van der Waals surface area contributed by atoms with Gasteiger partial charge in [-0.05, 0) is 24.3 Å². The van der Waals surface area contributed by atoms with Crippen molar-refractivity contribution in [3.8, 4) is 17.3 Å². The molecule has 7 nitrogen and oxygen atoms in total. The SMILES string of the molecule is Clc1ccccc1-n1ncc2c1ncn1c(-c3ccco3)nnc21. The summed E-state index contributed by atoms with van der Waals surface area (Å²) in [6.07, 6.45) is 4.96. The van der Waals surface area contributed by atoms with Gasteiger partial charge in [0.15, 0.2) is 17.1 Å². The fraction of sp³-hybridized carbons (Fsp3) is 0. The van der Waals surface area contributed by atoms with E-state index >= 15 is 0 Å². The molecule has 0 bridgehead atoms. The molecule has 0 saturated carbocycles. The molecule has 0 radical (unpaired) electrons. The van der Waals surface area contributed by atoms with Crippen LogP contribution in [0.3, 0.4) is 0 Å². The number of fused-ring (bicyclic) bond motifs is 3. The highest BCUT2D eigenvalue weighted by Gasteiger charge is 2.17. The van der Waals surface area contributed by atoms with Crippen molar-refractivity contribution in [1.82, 2.24) is 29.4 Å². The molecule has 0 spiro atoms. The number of hydrogen-bond donors (Lipinski definition) is 0. The van der Waals surface area contributed by atoms with Gasteiger partial charge in [-0.3, -0.25) is 4.40 Å². The minimum atomic E-state index is 0.592. The Bertz CT molecular complexity index is 1170. The minimum Gasteiger partial charge on any atom is -0.461 e. The number of para-hydroxylation sites is 1. The van der Waals surface area contributed by atoms with Crippen LogP contribution >= 0.6 is 11.6 Å². The summed E-state index contributed by atoms with van der Waals surface area (Å²) in [5, 5.41) is 14.3. The van der Waals surface area contributed by atoms with Gasteiger partial charge in [0.05, 0.1) is 28.6 Å². The maximum atomic E-state index is 6.27. The van der Waals surface area contributed by atoms with Crippen molar-refractivity contribution >= 4 is 28.3 Å². The van der Waals surface area contributed by atoms with Gasteiger partial charge in [-0.25, -0.2) is 9.67 Å². The largest absolute Gasteiger partial charge is 0.461 e. The highest BCUT2D eigenvalue weighted by molar-refractivity contribution is 6.32. The van der Waals surface area contributed by atoms with Crippen molar-refractivity contribution in [1.29, 1.82) is 0 Å². The molecule has 0 amide bonds. The zero-order valence-electron chi connectivity index (χ0n) is 12.2. The zero-order chi connectivity index (χ0) is 16.1. The Morgan fingerprint density at radius 2 is 1.92 bits per heavy atom. The Kier molecular flexibility index (Phi) is 2.71. The molecule has 5 rings (SSSR count). The van der Waals surface area contributed by atoms with Crippen LogP contribution in [-0.2, 0) is 0 Å². The lowest BCUT2D eigenvalue weighted by Gasteiger charge is -2.05. The molecule has 0 aliphatic carbocycles. The molecule has 24 heavy (non-hydrogen) atoms. The lowest BCUT2D eigenvalue weighted by molar-refractivity contribution is 0.576. The second-order valence-corrected chi connectivity index (χ2v) is 5.59. The normalized spacial score (nSPS) is 11.5. The van der Waals surface area contributed by atoms with Gasteiger partial charge in [0.1, 0.15) is 6.33 Å². The summed E-state index contributed by atoms with van der Waals surface area (Å²) in [5.41, 5.74) is 2.08. The fourth-order valence-corrected chi connectivity index (χ4v) is 2.91. The smallest absolute Gasteiger partial charge is 0.205 e. The number of benzene rings is 1. The second-order valence-electron chi connectivity index (χ2n) is 5.18. The molecule has 0 aliphatic rings. The molecule has 4 aromatic heterocycles. The van der Waals surface area contributed by atoms with Crippen LogP contribution in [0.5, 0.6) is 0 Å². The van der Waals surface area contributed by atoms with Gasteiger partial charge < -0.3 is 4.42 Å². The molecule has 1 aromatic carbocycles. The van der Waals surface area contributed by atoms with Gasteiger partial charge in [-0.1, -0.05) is 23.7 Å². The molecular weight excluding hydrogens is 328 g/mol. The first kappa shape index (κ1) is 13.3. The Hall–Kier alpha value is -3.19. The predicted octanol–water partition coefficient (Wildman–Crippen LogP) is 3.38. The molecule has 4 heterocycles. The van der Waals surface area contributed by atoms with Crippen molar-refractivity contribution in [2.75, 3.05) is 0 Å². The molecule has 0 N–H and O–H groups in total. The maximum Gasteiger partial charge on any atom is 0.205 e. The highest BCUT2D eigenvalue weighted by atomic mass is 35.5. The van der Waals surface area contributed by atoms with Gasteiger partial charge in [0.25, 0.3) is 0 Å². The molecular formula is C16H9ClN6O. The number of furan rings is 1. The average Bonchev–Trinajstić information content (AvgIpc) is 3.33. The third-order valence-corrected chi connectivity index (χ3v) is 4.12. The Balaban J connectivity index is 1.78. The van der Waals surface area contributed by atoms with Crippen LogP contribution in [0.1, 0.15) is 0 Å². The van der Waals surface area contributed by atoms with Gasteiger partial charge in [-0.2, -0.15) is 5.10 Å². The lowest BCUT2D eigenvalue weighted by atomic mass is 10.3. The first-order chi connectivity index (χ1) is 11.8. The van der Waals surface area contributed by atoms with Crippen LogP contribution in [-0.4, -0.2) is 29.4 Å². The van der Waals surface area contributed by atoms with Crippen molar-refractivity contribution in [3.63, 3.8) is 0 Å². The van der Waals surface area contributed by atoms with Crippen molar-refractivity contribution in [2.45, 2.75) is 0 Å². The van der Waals surface area contributed by atoms with E-state index in [-0.39, 0.29) is 0 Å². The van der Waals surface area contributed by atoms with Gasteiger partial charge in [0.2, 0.25) is 5.82 Å². The molecule has 0 fully saturated rings. The summed E-state index contributed by atoms with van der Waals surface area (Å²) < 4.78 is 8.87. The van der Waals surface area contributed by atoms with E-state index in [2.05, 4.69) is 20.3 Å². The topological polar surface area (TPSA) is 74.0 Å². The summed E-state index contributed by atoms with van der Waals surface area (Å²) in [6.45, 7) is 0. The van der Waals surface area contributed by atoms with Crippen LogP contribution in [0.15, 0.2) is 59.6 Å². The molecule has 0 aliphatic heterocycles. The van der Waals surface area contributed by atoms with Crippen molar-refractivity contribution in [3.05, 3.63) is 60.2 Å². The van der Waals surface area contributed by atoms with Crippen LogP contribution in [0.25, 0.3) is 34.0 Å². The standard InChI is InChI=1S/C16H9ClN6O/c17-11-4-1-2-5-12(11)23-14-10(8-19-23)15-20-21-16(22(15)9-18-14)13-6-3-7-24-13/h1-9H. The quantitative estimate of drug-likeness (QED) is 0.494. The van der Waals surface area contributed by atoms with E-state index in [4.69, 9.17) is 16.0 Å². The lowest BCUT2D eigenvalue weighted by Crippen LogP contribution is -1.99. The Morgan fingerprint density at radius 1 is 1.00 bits per heavy atom. The first-order valence-corrected chi connectivity index (χ1v) is 7.57. The molecule has 8 heteroatoms. The number of halogens is 1. The van der Waals surface area contributed by atoms with Gasteiger partial charge >= 0.3 is 0 Å². The number of hydrogen-bond acceptors (Lipinski definition) is 5. The summed E-state index contributed by atoms with van der Waals surface area (Å²) >= 11 is 6.27. The van der Waals surface area contributed by atoms with Crippen LogP contribution in [0.4, 0.5) is 0 Å². The zero-order valence-corrected chi connectivity index (χ0v) is 12.9. The summed E-state index contributed by atoms with van der Waals surface area (Å²) in [4.78, 5) is 4.51. The average molecular weight is 337 g/mol. The van der Waals surface area contributed by atoms with E-state index in [0.29, 0.717) is 27.9 Å². The Labute approximate surface area is 140 Å². The maximum absolute atomic E-state index is 6.27. The number of rotatable bonds is 2. The van der Waals surface area contributed by atoms with E-state index in [1.165, 1.54) is 0 Å². The first-order valence-electron chi connectivity index (χ1n) is 7.19. The molecule has 116 valence electrons. The van der Waals surface area contributed by atoms with Crippen molar-refractivity contribution < 1.29 is 4.42 Å². The third-order valence-electron chi connectivity index (χ3n) is 3.80. The summed E-state index contributed by atoms with van der Waals surface area (Å²) in [7, 11) is 0. The van der Waals surface area contributed by atoms with E-state index in [0.717, 1.165) is 11.1 Å². The van der Waals surface area contributed by atoms with Crippen molar-refractivity contribution in [2.24, 2.45) is 0 Å². The Morgan fingerprint density at radius 3 is 2.75 bits per heavy atom. The number of nitrogens with zero attached hydrogens (tertiary/aromatic N) is 6. The van der Waals surface area contributed by atoms with E-state index < -0.39 is 0 Å². The summed E-state index contributed by atoms with van der Waals surface area (Å²) in [5.74, 6) is 1.22.